The molecule has 0 saturated heterocycles. The van der Waals surface area contributed by atoms with E-state index in [4.69, 9.17) is 0 Å². The summed E-state index contributed by atoms with van der Waals surface area (Å²) in [6, 6.07) is 0.851. The molecule has 0 radical (unpaired) electrons. The fourth-order valence-corrected chi connectivity index (χ4v) is 1.71. The van der Waals surface area contributed by atoms with Crippen molar-refractivity contribution < 1.29 is 0 Å². The average Bonchev–Trinajstić information content (AvgIpc) is 2.79. The standard InChI is InChI=1S/C10H22N2/c1-3-5-9-8-10(9)12-7-6-11-4-2/h9-12H,3-8H2,1-2H3. The summed E-state index contributed by atoms with van der Waals surface area (Å²) in [6.07, 6.45) is 4.18. The van der Waals surface area contributed by atoms with Crippen LogP contribution in [0.15, 0.2) is 0 Å². The van der Waals surface area contributed by atoms with Gasteiger partial charge in [-0.05, 0) is 25.3 Å². The molecule has 72 valence electrons. The van der Waals surface area contributed by atoms with Crippen molar-refractivity contribution in [3.05, 3.63) is 0 Å². The first-order chi connectivity index (χ1) is 5.88. The first-order valence-corrected chi connectivity index (χ1v) is 5.32. The van der Waals surface area contributed by atoms with Crippen molar-refractivity contribution in [1.29, 1.82) is 0 Å². The zero-order chi connectivity index (χ0) is 8.81. The Balaban J connectivity index is 1.83. The van der Waals surface area contributed by atoms with E-state index in [0.29, 0.717) is 0 Å². The molecule has 0 heterocycles. The van der Waals surface area contributed by atoms with E-state index in [0.717, 1.165) is 31.6 Å². The average molecular weight is 170 g/mol. The van der Waals surface area contributed by atoms with E-state index in [1.807, 2.05) is 0 Å². The lowest BCUT2D eigenvalue weighted by molar-refractivity contribution is 0.577. The quantitative estimate of drug-likeness (QED) is 0.564. The van der Waals surface area contributed by atoms with E-state index in [1.165, 1.54) is 19.3 Å². The summed E-state index contributed by atoms with van der Waals surface area (Å²) in [5.41, 5.74) is 0. The molecule has 2 unspecified atom stereocenters. The highest BCUT2D eigenvalue weighted by Gasteiger charge is 2.34. The van der Waals surface area contributed by atoms with Crippen LogP contribution in [0, 0.1) is 5.92 Å². The van der Waals surface area contributed by atoms with Crippen LogP contribution in [0.1, 0.15) is 33.1 Å². The van der Waals surface area contributed by atoms with Gasteiger partial charge in [0.15, 0.2) is 0 Å². The minimum absolute atomic E-state index is 0.851. The molecule has 0 aromatic rings. The zero-order valence-electron chi connectivity index (χ0n) is 8.40. The molecule has 0 aromatic heterocycles. The molecule has 0 aliphatic heterocycles. The minimum Gasteiger partial charge on any atom is -0.316 e. The zero-order valence-corrected chi connectivity index (χ0v) is 8.40. The van der Waals surface area contributed by atoms with Crippen LogP contribution >= 0.6 is 0 Å². The van der Waals surface area contributed by atoms with Crippen molar-refractivity contribution in [1.82, 2.24) is 10.6 Å². The van der Waals surface area contributed by atoms with Crippen LogP contribution in [0.25, 0.3) is 0 Å². The maximum absolute atomic E-state index is 3.56. The molecule has 2 heteroatoms. The summed E-state index contributed by atoms with van der Waals surface area (Å²) in [4.78, 5) is 0. The number of hydrogen-bond acceptors (Lipinski definition) is 2. The third-order valence-corrected chi connectivity index (χ3v) is 2.54. The maximum atomic E-state index is 3.56. The molecule has 2 N–H and O–H groups in total. The van der Waals surface area contributed by atoms with E-state index in [2.05, 4.69) is 24.5 Å². The summed E-state index contributed by atoms with van der Waals surface area (Å²) in [5.74, 6) is 0.997. The van der Waals surface area contributed by atoms with Gasteiger partial charge in [-0.25, -0.2) is 0 Å². The van der Waals surface area contributed by atoms with Crippen molar-refractivity contribution in [2.75, 3.05) is 19.6 Å². The molecule has 1 saturated carbocycles. The van der Waals surface area contributed by atoms with Crippen LogP contribution < -0.4 is 10.6 Å². The second kappa shape index (κ2) is 5.55. The molecule has 12 heavy (non-hydrogen) atoms. The first-order valence-electron chi connectivity index (χ1n) is 5.32. The fourth-order valence-electron chi connectivity index (χ4n) is 1.71. The Bertz CT molecular complexity index is 114. The van der Waals surface area contributed by atoms with Gasteiger partial charge in [0.2, 0.25) is 0 Å². The minimum atomic E-state index is 0.851. The highest BCUT2D eigenvalue weighted by molar-refractivity contribution is 4.92. The van der Waals surface area contributed by atoms with Crippen molar-refractivity contribution in [3.63, 3.8) is 0 Å². The predicted molar refractivity (Wildman–Crippen MR) is 53.3 cm³/mol. The lowest BCUT2D eigenvalue weighted by Gasteiger charge is -2.03. The highest BCUT2D eigenvalue weighted by atomic mass is 15.0. The van der Waals surface area contributed by atoms with Crippen molar-refractivity contribution in [2.45, 2.75) is 39.2 Å². The smallest absolute Gasteiger partial charge is 0.00996 e. The van der Waals surface area contributed by atoms with E-state index < -0.39 is 0 Å². The van der Waals surface area contributed by atoms with Crippen molar-refractivity contribution in [3.8, 4) is 0 Å². The SMILES string of the molecule is CCCC1CC1NCCNCC. The van der Waals surface area contributed by atoms with Crippen LogP contribution in [0.3, 0.4) is 0 Å². The number of likely N-dealkylation sites (N-methyl/N-ethyl adjacent to an activating group) is 1. The van der Waals surface area contributed by atoms with Crippen LogP contribution in [-0.4, -0.2) is 25.7 Å². The number of rotatable bonds is 7. The van der Waals surface area contributed by atoms with Crippen molar-refractivity contribution >= 4 is 0 Å². The summed E-state index contributed by atoms with van der Waals surface area (Å²) in [7, 11) is 0. The summed E-state index contributed by atoms with van der Waals surface area (Å²) in [6.45, 7) is 7.76. The Hall–Kier alpha value is -0.0800. The third-order valence-electron chi connectivity index (χ3n) is 2.54. The van der Waals surface area contributed by atoms with E-state index in [9.17, 15) is 0 Å². The van der Waals surface area contributed by atoms with Crippen LogP contribution in [0.5, 0.6) is 0 Å². The molecule has 0 amide bonds. The number of nitrogens with one attached hydrogen (secondary N) is 2. The number of hydrogen-bond donors (Lipinski definition) is 2. The van der Waals surface area contributed by atoms with Gasteiger partial charge >= 0.3 is 0 Å². The summed E-state index contributed by atoms with van der Waals surface area (Å²) in [5, 5.41) is 6.88. The third kappa shape index (κ3) is 3.55. The van der Waals surface area contributed by atoms with E-state index in [-0.39, 0.29) is 0 Å². The van der Waals surface area contributed by atoms with Gasteiger partial charge in [-0.15, -0.1) is 0 Å². The molecule has 1 aliphatic carbocycles. The van der Waals surface area contributed by atoms with Gasteiger partial charge in [-0.3, -0.25) is 0 Å². The normalized spacial score (nSPS) is 27.5. The molecular formula is C10H22N2. The Labute approximate surface area is 76.1 Å². The molecule has 2 nitrogen and oxygen atoms in total. The van der Waals surface area contributed by atoms with Crippen LogP contribution in [0.2, 0.25) is 0 Å². The van der Waals surface area contributed by atoms with Crippen molar-refractivity contribution in [2.24, 2.45) is 5.92 Å². The van der Waals surface area contributed by atoms with Gasteiger partial charge in [-0.2, -0.15) is 0 Å². The monoisotopic (exact) mass is 170 g/mol. The lowest BCUT2D eigenvalue weighted by Crippen LogP contribution is -2.29. The molecule has 2 atom stereocenters. The predicted octanol–water partition coefficient (Wildman–Crippen LogP) is 1.37. The van der Waals surface area contributed by atoms with Crippen LogP contribution in [0.4, 0.5) is 0 Å². The second-order valence-corrected chi connectivity index (χ2v) is 3.70. The van der Waals surface area contributed by atoms with Gasteiger partial charge in [0.05, 0.1) is 0 Å². The largest absolute Gasteiger partial charge is 0.316 e. The lowest BCUT2D eigenvalue weighted by atomic mass is 10.2. The molecule has 1 rings (SSSR count). The Kier molecular flexibility index (Phi) is 4.62. The highest BCUT2D eigenvalue weighted by Crippen LogP contribution is 2.34. The fraction of sp³-hybridized carbons (Fsp3) is 1.00. The first kappa shape index (κ1) is 10.0. The molecule has 0 aromatic carbocycles. The van der Waals surface area contributed by atoms with Gasteiger partial charge in [0, 0.05) is 19.1 Å². The van der Waals surface area contributed by atoms with Gasteiger partial charge in [0.1, 0.15) is 0 Å². The van der Waals surface area contributed by atoms with E-state index in [1.54, 1.807) is 0 Å². The van der Waals surface area contributed by atoms with E-state index >= 15 is 0 Å². The Morgan fingerprint density at radius 3 is 2.75 bits per heavy atom. The Morgan fingerprint density at radius 1 is 1.25 bits per heavy atom. The van der Waals surface area contributed by atoms with Crippen LogP contribution in [-0.2, 0) is 0 Å². The molecule has 1 fully saturated rings. The van der Waals surface area contributed by atoms with Gasteiger partial charge in [0.25, 0.3) is 0 Å². The maximum Gasteiger partial charge on any atom is 0.00996 e. The molecular weight excluding hydrogens is 148 g/mol. The summed E-state index contributed by atoms with van der Waals surface area (Å²) >= 11 is 0. The molecule has 0 spiro atoms. The Morgan fingerprint density at radius 2 is 2.08 bits per heavy atom. The van der Waals surface area contributed by atoms with Gasteiger partial charge in [-0.1, -0.05) is 20.3 Å². The summed E-state index contributed by atoms with van der Waals surface area (Å²) < 4.78 is 0. The molecule has 0 bridgehead atoms. The van der Waals surface area contributed by atoms with Gasteiger partial charge < -0.3 is 10.6 Å². The topological polar surface area (TPSA) is 24.1 Å². The molecule has 1 aliphatic rings. The second-order valence-electron chi connectivity index (χ2n) is 3.70.